The van der Waals surface area contributed by atoms with E-state index in [0.29, 0.717) is 12.3 Å². The molecule has 4 N–H and O–H groups in total. The van der Waals surface area contributed by atoms with E-state index in [1.807, 2.05) is 6.07 Å². The number of nitrogens with two attached hydrogens (primary N) is 1. The molecule has 1 aliphatic carbocycles. The Kier molecular flexibility index (Phi) is 3.92. The van der Waals surface area contributed by atoms with E-state index in [-0.39, 0.29) is 11.9 Å². The van der Waals surface area contributed by atoms with Gasteiger partial charge in [-0.2, -0.15) is 0 Å². The minimum atomic E-state index is 0.0936. The lowest BCUT2D eigenvalue weighted by Gasteiger charge is -2.19. The number of anilines is 2. The van der Waals surface area contributed by atoms with Crippen LogP contribution in [0.25, 0.3) is 0 Å². The molecule has 4 heteroatoms. The Morgan fingerprint density at radius 2 is 2.25 bits per heavy atom. The van der Waals surface area contributed by atoms with Gasteiger partial charge in [-0.05, 0) is 55.4 Å². The molecule has 1 heterocycles. The zero-order valence-electron chi connectivity index (χ0n) is 11.8. The third-order valence-corrected chi connectivity index (χ3v) is 4.49. The minimum Gasteiger partial charge on any atom is -0.385 e. The highest BCUT2D eigenvalue weighted by atomic mass is 16.1. The van der Waals surface area contributed by atoms with Gasteiger partial charge >= 0.3 is 0 Å². The Hall–Kier alpha value is -1.55. The summed E-state index contributed by atoms with van der Waals surface area (Å²) in [5, 5.41) is 6.40. The molecule has 0 spiro atoms. The standard InChI is InChI=1S/C16H23N3O/c17-14-5-1-3-11(14)10-16(20)19-13-6-7-15-12(9-13)4-2-8-18-15/h6-7,9,11,14,18H,1-5,8,10,17H2,(H,19,20)/t11-,14+/m0/s1. The van der Waals surface area contributed by atoms with Gasteiger partial charge in [0.2, 0.25) is 5.91 Å². The molecule has 0 saturated heterocycles. The first kappa shape index (κ1) is 13.4. The van der Waals surface area contributed by atoms with Gasteiger partial charge in [0, 0.05) is 30.4 Å². The zero-order valence-corrected chi connectivity index (χ0v) is 11.8. The summed E-state index contributed by atoms with van der Waals surface area (Å²) >= 11 is 0. The van der Waals surface area contributed by atoms with Crippen LogP contribution in [-0.4, -0.2) is 18.5 Å². The lowest BCUT2D eigenvalue weighted by Crippen LogP contribution is -2.28. The number of benzene rings is 1. The smallest absolute Gasteiger partial charge is 0.224 e. The molecule has 1 saturated carbocycles. The van der Waals surface area contributed by atoms with E-state index in [4.69, 9.17) is 5.73 Å². The van der Waals surface area contributed by atoms with Crippen LogP contribution in [0.5, 0.6) is 0 Å². The summed E-state index contributed by atoms with van der Waals surface area (Å²) in [6, 6.07) is 6.33. The summed E-state index contributed by atoms with van der Waals surface area (Å²) in [6.07, 6.45) is 6.09. The van der Waals surface area contributed by atoms with Gasteiger partial charge in [-0.15, -0.1) is 0 Å². The number of nitrogens with one attached hydrogen (secondary N) is 2. The van der Waals surface area contributed by atoms with Crippen molar-refractivity contribution in [2.24, 2.45) is 11.7 Å². The molecular weight excluding hydrogens is 250 g/mol. The maximum Gasteiger partial charge on any atom is 0.224 e. The number of hydrogen-bond acceptors (Lipinski definition) is 3. The summed E-state index contributed by atoms with van der Waals surface area (Å²) in [5.41, 5.74) is 9.43. The van der Waals surface area contributed by atoms with Gasteiger partial charge in [-0.1, -0.05) is 6.42 Å². The van der Waals surface area contributed by atoms with Crippen molar-refractivity contribution < 1.29 is 4.79 Å². The Morgan fingerprint density at radius 1 is 1.35 bits per heavy atom. The van der Waals surface area contributed by atoms with E-state index in [1.54, 1.807) is 0 Å². The topological polar surface area (TPSA) is 67.2 Å². The first-order valence-electron chi connectivity index (χ1n) is 7.64. The van der Waals surface area contributed by atoms with Crippen molar-refractivity contribution in [2.75, 3.05) is 17.2 Å². The van der Waals surface area contributed by atoms with Crippen LogP contribution in [-0.2, 0) is 11.2 Å². The zero-order chi connectivity index (χ0) is 13.9. The van der Waals surface area contributed by atoms with Gasteiger partial charge in [0.1, 0.15) is 0 Å². The summed E-state index contributed by atoms with van der Waals surface area (Å²) in [5.74, 6) is 0.449. The molecule has 1 aromatic rings. The molecule has 0 unspecified atom stereocenters. The third kappa shape index (κ3) is 2.96. The van der Waals surface area contributed by atoms with Crippen LogP contribution in [0.1, 0.15) is 37.7 Å². The second-order valence-corrected chi connectivity index (χ2v) is 6.01. The molecule has 1 fully saturated rings. The third-order valence-electron chi connectivity index (χ3n) is 4.49. The van der Waals surface area contributed by atoms with E-state index < -0.39 is 0 Å². The van der Waals surface area contributed by atoms with E-state index in [1.165, 1.54) is 11.3 Å². The van der Waals surface area contributed by atoms with E-state index in [2.05, 4.69) is 22.8 Å². The lowest BCUT2D eigenvalue weighted by atomic mass is 9.99. The SMILES string of the molecule is N[C@@H]1CCC[C@H]1CC(=O)Nc1ccc2c(c1)CCCN2. The Bertz CT molecular complexity index is 500. The first-order valence-corrected chi connectivity index (χ1v) is 7.64. The lowest BCUT2D eigenvalue weighted by molar-refractivity contribution is -0.117. The normalized spacial score (nSPS) is 24.9. The maximum atomic E-state index is 12.1. The monoisotopic (exact) mass is 273 g/mol. The van der Waals surface area contributed by atoms with Crippen molar-refractivity contribution in [3.8, 4) is 0 Å². The summed E-state index contributed by atoms with van der Waals surface area (Å²) < 4.78 is 0. The Labute approximate surface area is 120 Å². The number of hydrogen-bond donors (Lipinski definition) is 3. The highest BCUT2D eigenvalue weighted by Gasteiger charge is 2.26. The molecule has 4 nitrogen and oxygen atoms in total. The van der Waals surface area contributed by atoms with E-state index in [9.17, 15) is 4.79 Å². The molecule has 0 aromatic heterocycles. The second-order valence-electron chi connectivity index (χ2n) is 6.01. The van der Waals surface area contributed by atoms with E-state index in [0.717, 1.165) is 44.3 Å². The highest BCUT2D eigenvalue weighted by molar-refractivity contribution is 5.91. The quantitative estimate of drug-likeness (QED) is 0.792. The fourth-order valence-electron chi connectivity index (χ4n) is 3.32. The second kappa shape index (κ2) is 5.83. The molecule has 2 aliphatic rings. The van der Waals surface area contributed by atoms with Crippen molar-refractivity contribution in [1.29, 1.82) is 0 Å². The number of rotatable bonds is 3. The van der Waals surface area contributed by atoms with Crippen molar-refractivity contribution in [1.82, 2.24) is 0 Å². The molecule has 108 valence electrons. The molecular formula is C16H23N3O. The van der Waals surface area contributed by atoms with Crippen LogP contribution < -0.4 is 16.4 Å². The van der Waals surface area contributed by atoms with Crippen molar-refractivity contribution in [3.05, 3.63) is 23.8 Å². The largest absolute Gasteiger partial charge is 0.385 e. The van der Waals surface area contributed by atoms with Crippen LogP contribution in [0, 0.1) is 5.92 Å². The molecule has 0 radical (unpaired) electrons. The van der Waals surface area contributed by atoms with Crippen molar-refractivity contribution in [3.63, 3.8) is 0 Å². The number of carbonyl (C=O) groups excluding carboxylic acids is 1. The van der Waals surface area contributed by atoms with Gasteiger partial charge in [0.05, 0.1) is 0 Å². The molecule has 0 bridgehead atoms. The number of aryl methyl sites for hydroxylation is 1. The van der Waals surface area contributed by atoms with Crippen molar-refractivity contribution >= 4 is 17.3 Å². The van der Waals surface area contributed by atoms with E-state index >= 15 is 0 Å². The average Bonchev–Trinajstić information content (AvgIpc) is 2.84. The van der Waals surface area contributed by atoms with Gasteiger partial charge in [0.15, 0.2) is 0 Å². The molecule has 1 amide bonds. The van der Waals surface area contributed by atoms with Crippen molar-refractivity contribution in [2.45, 2.75) is 44.6 Å². The van der Waals surface area contributed by atoms with Crippen LogP contribution in [0.2, 0.25) is 0 Å². The first-order chi connectivity index (χ1) is 9.72. The molecule has 3 rings (SSSR count). The van der Waals surface area contributed by atoms with Crippen LogP contribution in [0.3, 0.4) is 0 Å². The highest BCUT2D eigenvalue weighted by Crippen LogP contribution is 2.28. The predicted molar refractivity (Wildman–Crippen MR) is 81.8 cm³/mol. The Balaban J connectivity index is 1.61. The molecule has 1 aliphatic heterocycles. The minimum absolute atomic E-state index is 0.0936. The van der Waals surface area contributed by atoms with Crippen LogP contribution in [0.15, 0.2) is 18.2 Å². The number of amides is 1. The van der Waals surface area contributed by atoms with Crippen LogP contribution >= 0.6 is 0 Å². The molecule has 20 heavy (non-hydrogen) atoms. The average molecular weight is 273 g/mol. The number of carbonyl (C=O) groups is 1. The van der Waals surface area contributed by atoms with Gasteiger partial charge in [0.25, 0.3) is 0 Å². The van der Waals surface area contributed by atoms with Gasteiger partial charge in [-0.25, -0.2) is 0 Å². The van der Waals surface area contributed by atoms with Gasteiger partial charge < -0.3 is 16.4 Å². The summed E-state index contributed by atoms with van der Waals surface area (Å²) in [4.78, 5) is 12.1. The fourth-order valence-corrected chi connectivity index (χ4v) is 3.32. The predicted octanol–water partition coefficient (Wildman–Crippen LogP) is 2.50. The fraction of sp³-hybridized carbons (Fsp3) is 0.562. The maximum absolute atomic E-state index is 12.1. The summed E-state index contributed by atoms with van der Waals surface area (Å²) in [6.45, 7) is 1.04. The Morgan fingerprint density at radius 3 is 3.05 bits per heavy atom. The molecule has 2 atom stereocenters. The summed E-state index contributed by atoms with van der Waals surface area (Å²) in [7, 11) is 0. The van der Waals surface area contributed by atoms with Crippen LogP contribution in [0.4, 0.5) is 11.4 Å². The van der Waals surface area contributed by atoms with Gasteiger partial charge in [-0.3, -0.25) is 4.79 Å². The number of fused-ring (bicyclic) bond motifs is 1. The molecule has 1 aromatic carbocycles.